The number of aryl methyl sites for hydroxylation is 1. The molecule has 0 aliphatic rings. The zero-order valence-corrected chi connectivity index (χ0v) is 14.6. The molecule has 0 spiro atoms. The lowest BCUT2D eigenvalue weighted by Gasteiger charge is -2.24. The molecule has 0 saturated heterocycles. The zero-order valence-electron chi connectivity index (χ0n) is 13.8. The maximum Gasteiger partial charge on any atom is 0.308 e. The van der Waals surface area contributed by atoms with Crippen LogP contribution in [-0.4, -0.2) is 27.5 Å². The van der Waals surface area contributed by atoms with Gasteiger partial charge >= 0.3 is 5.97 Å². The topological polar surface area (TPSA) is 72.5 Å². The number of hydrogen-bond acceptors (Lipinski definition) is 4. The molecule has 0 heterocycles. The van der Waals surface area contributed by atoms with Crippen LogP contribution in [0.3, 0.4) is 0 Å². The second kappa shape index (κ2) is 7.74. The zero-order chi connectivity index (χ0) is 16.9. The van der Waals surface area contributed by atoms with Crippen molar-refractivity contribution in [1.29, 1.82) is 0 Å². The molecule has 0 aliphatic heterocycles. The van der Waals surface area contributed by atoms with Crippen LogP contribution in [0.25, 0.3) is 0 Å². The summed E-state index contributed by atoms with van der Waals surface area (Å²) >= 11 is 0. The Morgan fingerprint density at radius 2 is 1.73 bits per heavy atom. The smallest absolute Gasteiger partial charge is 0.308 e. The molecule has 2 atom stereocenters. The third kappa shape index (κ3) is 5.10. The van der Waals surface area contributed by atoms with E-state index < -0.39 is 10.0 Å². The van der Waals surface area contributed by atoms with Gasteiger partial charge in [0, 0.05) is 6.04 Å². The molecular weight excluding hydrogens is 302 g/mol. The Hall–Kier alpha value is -1.40. The summed E-state index contributed by atoms with van der Waals surface area (Å²) in [6.45, 7) is 7.48. The minimum atomic E-state index is -3.60. The lowest BCUT2D eigenvalue weighted by Crippen LogP contribution is -2.40. The van der Waals surface area contributed by atoms with Crippen molar-refractivity contribution >= 4 is 16.0 Å². The van der Waals surface area contributed by atoms with Gasteiger partial charge in [-0.2, -0.15) is 0 Å². The molecule has 1 aromatic rings. The molecule has 0 fully saturated rings. The van der Waals surface area contributed by atoms with Crippen LogP contribution < -0.4 is 4.72 Å². The molecule has 0 aliphatic carbocycles. The van der Waals surface area contributed by atoms with Gasteiger partial charge in [-0.1, -0.05) is 38.5 Å². The summed E-state index contributed by atoms with van der Waals surface area (Å²) in [7, 11) is -2.27. The van der Waals surface area contributed by atoms with E-state index in [-0.39, 0.29) is 28.7 Å². The maximum absolute atomic E-state index is 12.5. The largest absolute Gasteiger partial charge is 0.469 e. The highest BCUT2D eigenvalue weighted by Crippen LogP contribution is 2.18. The summed E-state index contributed by atoms with van der Waals surface area (Å²) in [6, 6.07) is 6.35. The molecule has 1 N–H and O–H groups in total. The molecule has 22 heavy (non-hydrogen) atoms. The third-order valence-electron chi connectivity index (χ3n) is 3.65. The predicted octanol–water partition coefficient (Wildman–Crippen LogP) is 2.50. The number of carbonyl (C=O) groups excluding carboxylic acids is 1. The first-order valence-corrected chi connectivity index (χ1v) is 8.82. The Labute approximate surface area is 133 Å². The lowest BCUT2D eigenvalue weighted by atomic mass is 9.94. The molecule has 5 nitrogen and oxygen atoms in total. The van der Waals surface area contributed by atoms with E-state index in [1.807, 2.05) is 20.8 Å². The highest BCUT2D eigenvalue weighted by atomic mass is 32.2. The van der Waals surface area contributed by atoms with Crippen molar-refractivity contribution in [3.05, 3.63) is 29.8 Å². The number of hydrogen-bond donors (Lipinski definition) is 1. The van der Waals surface area contributed by atoms with Crippen molar-refractivity contribution in [2.45, 2.75) is 45.1 Å². The first-order valence-electron chi connectivity index (χ1n) is 7.34. The van der Waals surface area contributed by atoms with Crippen LogP contribution >= 0.6 is 0 Å². The van der Waals surface area contributed by atoms with Crippen molar-refractivity contribution < 1.29 is 17.9 Å². The molecule has 0 aromatic heterocycles. The number of benzene rings is 1. The molecular formula is C16H25NO4S. The first kappa shape index (κ1) is 18.6. The van der Waals surface area contributed by atoms with Crippen molar-refractivity contribution in [1.82, 2.24) is 4.72 Å². The van der Waals surface area contributed by atoms with Gasteiger partial charge in [0.05, 0.1) is 17.9 Å². The number of esters is 1. The van der Waals surface area contributed by atoms with Gasteiger partial charge in [0.1, 0.15) is 0 Å². The van der Waals surface area contributed by atoms with E-state index in [1.54, 1.807) is 31.2 Å². The average Bonchev–Trinajstić information content (AvgIpc) is 2.45. The van der Waals surface area contributed by atoms with E-state index in [9.17, 15) is 13.2 Å². The van der Waals surface area contributed by atoms with Gasteiger partial charge < -0.3 is 4.74 Å². The third-order valence-corrected chi connectivity index (χ3v) is 5.16. The van der Waals surface area contributed by atoms with Crippen LogP contribution in [0, 0.1) is 18.8 Å². The molecule has 0 amide bonds. The summed E-state index contributed by atoms with van der Waals surface area (Å²) in [5.74, 6) is -0.634. The van der Waals surface area contributed by atoms with E-state index >= 15 is 0 Å². The molecule has 1 aromatic carbocycles. The first-order chi connectivity index (χ1) is 10.2. The number of nitrogens with one attached hydrogen (secondary N) is 1. The van der Waals surface area contributed by atoms with Gasteiger partial charge in [0.15, 0.2) is 0 Å². The predicted molar refractivity (Wildman–Crippen MR) is 85.9 cm³/mol. The molecule has 0 radical (unpaired) electrons. The van der Waals surface area contributed by atoms with E-state index in [4.69, 9.17) is 4.74 Å². The van der Waals surface area contributed by atoms with Crippen molar-refractivity contribution in [2.75, 3.05) is 7.11 Å². The second-order valence-corrected chi connectivity index (χ2v) is 7.66. The Bertz CT molecular complexity index is 593. The number of rotatable bonds is 7. The van der Waals surface area contributed by atoms with Gasteiger partial charge in [0.25, 0.3) is 0 Å². The van der Waals surface area contributed by atoms with Crippen LogP contribution in [0.15, 0.2) is 29.2 Å². The molecule has 124 valence electrons. The van der Waals surface area contributed by atoms with E-state index in [0.29, 0.717) is 6.42 Å². The monoisotopic (exact) mass is 327 g/mol. The van der Waals surface area contributed by atoms with Crippen LogP contribution in [0.1, 0.15) is 32.8 Å². The number of ether oxygens (including phenoxy) is 1. The van der Waals surface area contributed by atoms with E-state index in [2.05, 4.69) is 4.72 Å². The fourth-order valence-corrected chi connectivity index (χ4v) is 3.52. The molecule has 0 saturated carbocycles. The fourth-order valence-electron chi connectivity index (χ4n) is 2.12. The highest BCUT2D eigenvalue weighted by Gasteiger charge is 2.26. The fraction of sp³-hybridized carbons (Fsp3) is 0.562. The van der Waals surface area contributed by atoms with Crippen LogP contribution in [0.2, 0.25) is 0 Å². The van der Waals surface area contributed by atoms with Crippen molar-refractivity contribution in [3.8, 4) is 0 Å². The van der Waals surface area contributed by atoms with Gasteiger partial charge in [-0.3, -0.25) is 4.79 Å². The maximum atomic E-state index is 12.5. The Morgan fingerprint density at radius 1 is 1.18 bits per heavy atom. The van der Waals surface area contributed by atoms with Crippen molar-refractivity contribution in [2.24, 2.45) is 11.8 Å². The van der Waals surface area contributed by atoms with Gasteiger partial charge in [-0.15, -0.1) is 0 Å². The van der Waals surface area contributed by atoms with Gasteiger partial charge in [0.2, 0.25) is 10.0 Å². The minimum Gasteiger partial charge on any atom is -0.469 e. The summed E-state index contributed by atoms with van der Waals surface area (Å²) in [5.41, 5.74) is 0.999. The number of methoxy groups -OCH3 is 1. The van der Waals surface area contributed by atoms with Crippen molar-refractivity contribution in [3.63, 3.8) is 0 Å². The normalized spacial score (nSPS) is 14.6. The Balaban J connectivity index is 2.90. The molecule has 0 unspecified atom stereocenters. The highest BCUT2D eigenvalue weighted by molar-refractivity contribution is 7.89. The van der Waals surface area contributed by atoms with Gasteiger partial charge in [-0.25, -0.2) is 13.1 Å². The summed E-state index contributed by atoms with van der Waals surface area (Å²) in [6.07, 6.45) is 0.398. The van der Waals surface area contributed by atoms with Crippen LogP contribution in [0.5, 0.6) is 0 Å². The quantitative estimate of drug-likeness (QED) is 0.781. The number of carbonyl (C=O) groups is 1. The van der Waals surface area contributed by atoms with Crippen LogP contribution in [0.4, 0.5) is 0 Å². The Kier molecular flexibility index (Phi) is 6.56. The second-order valence-electron chi connectivity index (χ2n) is 5.94. The Morgan fingerprint density at radius 3 is 2.18 bits per heavy atom. The van der Waals surface area contributed by atoms with Gasteiger partial charge in [-0.05, 0) is 31.4 Å². The molecule has 0 bridgehead atoms. The number of sulfonamides is 1. The minimum absolute atomic E-state index is 0.0623. The standard InChI is InChI=1S/C16H25NO4S/c1-11(2)15(10-13(4)16(18)21-5)17-22(19,20)14-8-6-12(3)7-9-14/h6-9,11,13,15,17H,10H2,1-5H3/t13-,15-/m0/s1. The molecule has 1 rings (SSSR count). The summed E-state index contributed by atoms with van der Waals surface area (Å²) in [5, 5.41) is 0. The molecule has 6 heteroatoms. The van der Waals surface area contributed by atoms with E-state index in [0.717, 1.165) is 5.56 Å². The summed E-state index contributed by atoms with van der Waals surface area (Å²) < 4.78 is 32.3. The lowest BCUT2D eigenvalue weighted by molar-refractivity contribution is -0.145. The van der Waals surface area contributed by atoms with E-state index in [1.165, 1.54) is 7.11 Å². The SMILES string of the molecule is COC(=O)[C@@H](C)C[C@H](NS(=O)(=O)c1ccc(C)cc1)C(C)C. The average molecular weight is 327 g/mol. The summed E-state index contributed by atoms with van der Waals surface area (Å²) in [4.78, 5) is 11.8. The van der Waals surface area contributed by atoms with Crippen LogP contribution in [-0.2, 0) is 19.6 Å².